The number of nitrogens with zero attached hydrogens (tertiary/aromatic N) is 4. The van der Waals surface area contributed by atoms with Crippen molar-refractivity contribution in [2.45, 2.75) is 33.0 Å². The number of alkyl halides is 2. The summed E-state index contributed by atoms with van der Waals surface area (Å²) < 4.78 is 31.7. The van der Waals surface area contributed by atoms with Crippen LogP contribution in [0.3, 0.4) is 0 Å². The summed E-state index contributed by atoms with van der Waals surface area (Å²) in [7, 11) is 5.89. The minimum atomic E-state index is -2.87. The summed E-state index contributed by atoms with van der Waals surface area (Å²) in [6.07, 6.45) is 3.83. The van der Waals surface area contributed by atoms with Gasteiger partial charge in [-0.05, 0) is 34.0 Å². The Morgan fingerprint density at radius 1 is 1.30 bits per heavy atom. The average Bonchev–Trinajstić information content (AvgIpc) is 3.07. The van der Waals surface area contributed by atoms with Crippen molar-refractivity contribution >= 4 is 29.9 Å². The highest BCUT2D eigenvalue weighted by molar-refractivity contribution is 14.0. The lowest BCUT2D eigenvalue weighted by molar-refractivity contribution is -0.0504. The second-order valence-electron chi connectivity index (χ2n) is 6.99. The normalized spacial score (nSPS) is 12.6. The van der Waals surface area contributed by atoms with Crippen LogP contribution in [0, 0.1) is 6.92 Å². The number of hydrogen-bond acceptors (Lipinski definition) is 4. The smallest absolute Gasteiger partial charge is 0.387 e. The molecule has 0 aliphatic carbocycles. The molecule has 0 aliphatic heterocycles. The topological polar surface area (TPSA) is 66.7 Å². The van der Waals surface area contributed by atoms with Crippen LogP contribution in [0.1, 0.15) is 29.7 Å². The Hall–Kier alpha value is -1.95. The number of halogens is 3. The molecule has 2 rings (SSSR count). The molecule has 10 heteroatoms. The van der Waals surface area contributed by atoms with E-state index in [1.165, 1.54) is 0 Å². The fraction of sp³-hybridized carbons (Fsp3) is 0.500. The van der Waals surface area contributed by atoms with Gasteiger partial charge in [-0.15, -0.1) is 24.0 Å². The zero-order chi connectivity index (χ0) is 21.4. The number of benzene rings is 1. The fourth-order valence-corrected chi connectivity index (χ4v) is 2.95. The number of aliphatic imine (C=N–C) groups is 1. The number of guanidine groups is 1. The van der Waals surface area contributed by atoms with Crippen molar-refractivity contribution in [3.05, 3.63) is 47.3 Å². The molecule has 0 aliphatic rings. The van der Waals surface area contributed by atoms with Crippen molar-refractivity contribution in [2.75, 3.05) is 27.2 Å². The summed E-state index contributed by atoms with van der Waals surface area (Å²) in [4.78, 5) is 6.65. The summed E-state index contributed by atoms with van der Waals surface area (Å²) in [5.74, 6) is 0.750. The highest BCUT2D eigenvalue weighted by atomic mass is 127. The largest absolute Gasteiger partial charge is 0.434 e. The van der Waals surface area contributed by atoms with Crippen LogP contribution < -0.4 is 15.4 Å². The van der Waals surface area contributed by atoms with E-state index in [0.717, 1.165) is 11.1 Å². The van der Waals surface area contributed by atoms with E-state index < -0.39 is 6.61 Å². The predicted molar refractivity (Wildman–Crippen MR) is 126 cm³/mol. The van der Waals surface area contributed by atoms with Gasteiger partial charge in [-0.25, -0.2) is 4.99 Å². The van der Waals surface area contributed by atoms with Crippen LogP contribution in [-0.4, -0.2) is 54.4 Å². The summed E-state index contributed by atoms with van der Waals surface area (Å²) >= 11 is 0. The molecule has 168 valence electrons. The van der Waals surface area contributed by atoms with Gasteiger partial charge in [0, 0.05) is 37.5 Å². The number of hydrogen-bond donors (Lipinski definition) is 2. The van der Waals surface area contributed by atoms with Crippen LogP contribution in [0.5, 0.6) is 5.75 Å². The summed E-state index contributed by atoms with van der Waals surface area (Å²) in [5.41, 5.74) is 2.66. The third-order valence-electron chi connectivity index (χ3n) is 4.38. The lowest BCUT2D eigenvalue weighted by Gasteiger charge is -2.24. The van der Waals surface area contributed by atoms with E-state index in [-0.39, 0.29) is 42.3 Å². The van der Waals surface area contributed by atoms with E-state index in [4.69, 9.17) is 0 Å². The van der Waals surface area contributed by atoms with Crippen molar-refractivity contribution in [1.29, 1.82) is 0 Å². The summed E-state index contributed by atoms with van der Waals surface area (Å²) in [6, 6.07) is 5.20. The van der Waals surface area contributed by atoms with Crippen molar-refractivity contribution in [2.24, 2.45) is 12.0 Å². The van der Waals surface area contributed by atoms with Crippen LogP contribution in [0.2, 0.25) is 0 Å². The maximum absolute atomic E-state index is 12.7. The first-order chi connectivity index (χ1) is 13.8. The highest BCUT2D eigenvalue weighted by Crippen LogP contribution is 2.23. The summed E-state index contributed by atoms with van der Waals surface area (Å²) in [6.45, 7) is 2.52. The van der Waals surface area contributed by atoms with Crippen LogP contribution in [0.25, 0.3) is 0 Å². The standard InChI is InChI=1S/C20H30F2N6O.HI/c1-6-23-20(25-12-17(27(3)4)16-11-26-28(5)13-16)24-10-15-9-14(2)7-8-18(15)29-19(21)22;/h7-9,11,13,17,19H,6,10,12H2,1-5H3,(H2,23,24,25);1H. The van der Waals surface area contributed by atoms with Gasteiger partial charge in [0.05, 0.1) is 18.8 Å². The molecule has 7 nitrogen and oxygen atoms in total. The first-order valence-corrected chi connectivity index (χ1v) is 9.51. The van der Waals surface area contributed by atoms with Crippen molar-refractivity contribution in [3.63, 3.8) is 0 Å². The first-order valence-electron chi connectivity index (χ1n) is 9.51. The number of ether oxygens (including phenoxy) is 1. The quantitative estimate of drug-likeness (QED) is 0.293. The molecular weight excluding hydrogens is 505 g/mol. The molecule has 2 N–H and O–H groups in total. The van der Waals surface area contributed by atoms with Gasteiger partial charge in [-0.2, -0.15) is 13.9 Å². The molecule has 1 heterocycles. The second kappa shape index (κ2) is 12.7. The molecule has 0 radical (unpaired) electrons. The molecule has 0 amide bonds. The number of likely N-dealkylation sites (N-methyl/N-ethyl adjacent to an activating group) is 1. The maximum atomic E-state index is 12.7. The molecule has 0 fully saturated rings. The molecule has 0 bridgehead atoms. The minimum absolute atomic E-state index is 0. The van der Waals surface area contributed by atoms with Crippen LogP contribution in [0.15, 0.2) is 35.6 Å². The minimum Gasteiger partial charge on any atom is -0.434 e. The monoisotopic (exact) mass is 536 g/mol. The third-order valence-corrected chi connectivity index (χ3v) is 4.38. The van der Waals surface area contributed by atoms with E-state index in [9.17, 15) is 8.78 Å². The zero-order valence-corrected chi connectivity index (χ0v) is 20.4. The van der Waals surface area contributed by atoms with Gasteiger partial charge in [-0.3, -0.25) is 4.68 Å². The third kappa shape index (κ3) is 8.05. The molecule has 0 spiro atoms. The molecule has 30 heavy (non-hydrogen) atoms. The van der Waals surface area contributed by atoms with Crippen LogP contribution in [-0.2, 0) is 13.6 Å². The van der Waals surface area contributed by atoms with Gasteiger partial charge in [-0.1, -0.05) is 17.7 Å². The second-order valence-corrected chi connectivity index (χ2v) is 6.99. The number of aromatic nitrogens is 2. The van der Waals surface area contributed by atoms with Crippen molar-refractivity contribution in [3.8, 4) is 5.75 Å². The van der Waals surface area contributed by atoms with Gasteiger partial charge in [0.2, 0.25) is 0 Å². The zero-order valence-electron chi connectivity index (χ0n) is 18.0. The van der Waals surface area contributed by atoms with E-state index in [1.54, 1.807) is 16.8 Å². The maximum Gasteiger partial charge on any atom is 0.387 e. The van der Waals surface area contributed by atoms with Gasteiger partial charge in [0.25, 0.3) is 0 Å². The molecule has 2 aromatic rings. The van der Waals surface area contributed by atoms with Gasteiger partial charge in [0.1, 0.15) is 5.75 Å². The van der Waals surface area contributed by atoms with Crippen molar-refractivity contribution in [1.82, 2.24) is 25.3 Å². The SMILES string of the molecule is CCNC(=NCc1cc(C)ccc1OC(F)F)NCC(c1cnn(C)c1)N(C)C.I. The molecule has 1 atom stereocenters. The van der Waals surface area contributed by atoms with Gasteiger partial charge in [0.15, 0.2) is 5.96 Å². The Kier molecular flexibility index (Phi) is 11.0. The molecule has 1 unspecified atom stereocenters. The Bertz CT molecular complexity index is 812. The Balaban J connectivity index is 0.00000450. The van der Waals surface area contributed by atoms with E-state index >= 15 is 0 Å². The number of aryl methyl sites for hydroxylation is 2. The highest BCUT2D eigenvalue weighted by Gasteiger charge is 2.16. The van der Waals surface area contributed by atoms with Crippen molar-refractivity contribution < 1.29 is 13.5 Å². The molecule has 1 aromatic carbocycles. The molecule has 0 saturated carbocycles. The fourth-order valence-electron chi connectivity index (χ4n) is 2.95. The molecule has 1 aromatic heterocycles. The van der Waals surface area contributed by atoms with E-state index in [2.05, 4.69) is 30.4 Å². The van der Waals surface area contributed by atoms with Crippen LogP contribution in [0.4, 0.5) is 8.78 Å². The lowest BCUT2D eigenvalue weighted by atomic mass is 10.1. The van der Waals surface area contributed by atoms with E-state index in [1.807, 2.05) is 53.5 Å². The Labute approximate surface area is 193 Å². The Morgan fingerprint density at radius 3 is 2.60 bits per heavy atom. The Morgan fingerprint density at radius 2 is 2.03 bits per heavy atom. The summed E-state index contributed by atoms with van der Waals surface area (Å²) in [5, 5.41) is 10.8. The van der Waals surface area contributed by atoms with Gasteiger partial charge >= 0.3 is 6.61 Å². The number of nitrogens with one attached hydrogen (secondary N) is 2. The van der Waals surface area contributed by atoms with Crippen LogP contribution >= 0.6 is 24.0 Å². The van der Waals surface area contributed by atoms with Gasteiger partial charge < -0.3 is 20.3 Å². The molecule has 0 saturated heterocycles. The average molecular weight is 536 g/mol. The lowest BCUT2D eigenvalue weighted by Crippen LogP contribution is -2.41. The predicted octanol–water partition coefficient (Wildman–Crippen LogP) is 3.31. The first kappa shape index (κ1) is 26.1. The number of rotatable bonds is 9. The molecular formula is C20H31F2IN6O. The van der Waals surface area contributed by atoms with E-state index in [0.29, 0.717) is 24.6 Å².